The first-order valence-corrected chi connectivity index (χ1v) is 7.26. The number of anilines is 1. The molecule has 0 saturated carbocycles. The van der Waals surface area contributed by atoms with Gasteiger partial charge < -0.3 is 15.2 Å². The van der Waals surface area contributed by atoms with Crippen molar-refractivity contribution in [2.24, 2.45) is 5.73 Å². The lowest BCUT2D eigenvalue weighted by Gasteiger charge is -2.34. The molecule has 1 fully saturated rings. The highest BCUT2D eigenvalue weighted by Crippen LogP contribution is 2.30. The van der Waals surface area contributed by atoms with E-state index in [9.17, 15) is 4.79 Å². The van der Waals surface area contributed by atoms with Crippen LogP contribution in [0.5, 0.6) is 0 Å². The Hall–Kier alpha value is -1.59. The number of nitrogens with one attached hydrogen (secondary N) is 1. The second kappa shape index (κ2) is 6.03. The summed E-state index contributed by atoms with van der Waals surface area (Å²) >= 11 is 0. The molecule has 1 saturated heterocycles. The van der Waals surface area contributed by atoms with Gasteiger partial charge in [0.05, 0.1) is 0 Å². The van der Waals surface area contributed by atoms with Gasteiger partial charge in [-0.25, -0.2) is 4.79 Å². The molecule has 0 bridgehead atoms. The molecule has 1 aliphatic rings. The maximum Gasteiger partial charge on any atom is 0.412 e. The third kappa shape index (κ3) is 4.44. The van der Waals surface area contributed by atoms with E-state index in [1.807, 2.05) is 45.0 Å². The van der Waals surface area contributed by atoms with Crippen molar-refractivity contribution in [3.8, 4) is 0 Å². The van der Waals surface area contributed by atoms with Crippen LogP contribution in [-0.2, 0) is 15.0 Å². The molecule has 5 nitrogen and oxygen atoms in total. The van der Waals surface area contributed by atoms with Crippen LogP contribution in [0, 0.1) is 0 Å². The Bertz CT molecular complexity index is 485. The molecule has 2 rings (SSSR count). The summed E-state index contributed by atoms with van der Waals surface area (Å²) in [6.07, 6.45) is 1.17. The van der Waals surface area contributed by atoms with Crippen molar-refractivity contribution in [1.29, 1.82) is 0 Å². The summed E-state index contributed by atoms with van der Waals surface area (Å²) in [7, 11) is 0. The SMILES string of the molecule is CC(C)(C)OC(=O)Nc1ccc(C2(N)CCOCC2)cc1. The molecule has 0 spiro atoms. The number of benzene rings is 1. The van der Waals surface area contributed by atoms with E-state index in [-0.39, 0.29) is 5.54 Å². The predicted octanol–water partition coefficient (Wildman–Crippen LogP) is 3.00. The first-order valence-electron chi connectivity index (χ1n) is 7.26. The lowest BCUT2D eigenvalue weighted by molar-refractivity contribution is 0.0522. The molecule has 1 aromatic carbocycles. The summed E-state index contributed by atoms with van der Waals surface area (Å²) < 4.78 is 10.6. The van der Waals surface area contributed by atoms with Gasteiger partial charge in [0, 0.05) is 24.4 Å². The Morgan fingerprint density at radius 1 is 1.24 bits per heavy atom. The zero-order valence-corrected chi connectivity index (χ0v) is 12.9. The van der Waals surface area contributed by atoms with Crippen LogP contribution in [0.25, 0.3) is 0 Å². The Kier molecular flexibility index (Phi) is 4.54. The van der Waals surface area contributed by atoms with Crippen molar-refractivity contribution >= 4 is 11.8 Å². The number of hydrogen-bond acceptors (Lipinski definition) is 4. The van der Waals surface area contributed by atoms with E-state index in [0.717, 1.165) is 18.4 Å². The zero-order valence-electron chi connectivity index (χ0n) is 12.9. The van der Waals surface area contributed by atoms with Crippen molar-refractivity contribution in [2.75, 3.05) is 18.5 Å². The van der Waals surface area contributed by atoms with Crippen LogP contribution in [0.1, 0.15) is 39.2 Å². The molecule has 3 N–H and O–H groups in total. The summed E-state index contributed by atoms with van der Waals surface area (Å²) in [4.78, 5) is 11.7. The largest absolute Gasteiger partial charge is 0.444 e. The Balaban J connectivity index is 2.00. The van der Waals surface area contributed by atoms with Gasteiger partial charge in [0.15, 0.2) is 0 Å². The van der Waals surface area contributed by atoms with Crippen LogP contribution in [0.3, 0.4) is 0 Å². The first-order chi connectivity index (χ1) is 9.78. The van der Waals surface area contributed by atoms with E-state index in [0.29, 0.717) is 18.9 Å². The molecule has 0 unspecified atom stereocenters. The molecular formula is C16H24N2O3. The van der Waals surface area contributed by atoms with E-state index in [1.54, 1.807) is 0 Å². The first kappa shape index (κ1) is 15.8. The van der Waals surface area contributed by atoms with Crippen molar-refractivity contribution in [2.45, 2.75) is 44.8 Å². The molecule has 21 heavy (non-hydrogen) atoms. The number of rotatable bonds is 2. The van der Waals surface area contributed by atoms with Gasteiger partial charge in [0.25, 0.3) is 0 Å². The van der Waals surface area contributed by atoms with E-state index in [1.165, 1.54) is 0 Å². The van der Waals surface area contributed by atoms with Crippen LogP contribution in [0.2, 0.25) is 0 Å². The second-order valence-corrected chi connectivity index (χ2v) is 6.47. The molecule has 0 aliphatic carbocycles. The summed E-state index contributed by atoms with van der Waals surface area (Å²) in [6.45, 7) is 6.87. The third-order valence-corrected chi connectivity index (χ3v) is 3.49. The summed E-state index contributed by atoms with van der Waals surface area (Å²) in [5.74, 6) is 0. The van der Waals surface area contributed by atoms with Gasteiger partial charge in [-0.15, -0.1) is 0 Å². The molecule has 116 valence electrons. The Labute approximate surface area is 125 Å². The number of amides is 1. The summed E-state index contributed by atoms with van der Waals surface area (Å²) in [5, 5.41) is 2.71. The highest BCUT2D eigenvalue weighted by atomic mass is 16.6. The molecule has 1 amide bonds. The van der Waals surface area contributed by atoms with Crippen LogP contribution < -0.4 is 11.1 Å². The van der Waals surface area contributed by atoms with Gasteiger partial charge in [-0.2, -0.15) is 0 Å². The highest BCUT2D eigenvalue weighted by molar-refractivity contribution is 5.84. The third-order valence-electron chi connectivity index (χ3n) is 3.49. The standard InChI is InChI=1S/C16H24N2O3/c1-15(2,3)21-14(19)18-13-6-4-12(5-7-13)16(17)8-10-20-11-9-16/h4-7H,8-11,17H2,1-3H3,(H,18,19). The van der Waals surface area contributed by atoms with Crippen LogP contribution in [-0.4, -0.2) is 24.9 Å². The van der Waals surface area contributed by atoms with E-state index in [4.69, 9.17) is 15.2 Å². The lowest BCUT2D eigenvalue weighted by Crippen LogP contribution is -2.42. The van der Waals surface area contributed by atoms with Crippen LogP contribution in [0.4, 0.5) is 10.5 Å². The quantitative estimate of drug-likeness (QED) is 0.878. The average molecular weight is 292 g/mol. The van der Waals surface area contributed by atoms with Gasteiger partial charge in [-0.1, -0.05) is 12.1 Å². The van der Waals surface area contributed by atoms with E-state index >= 15 is 0 Å². The number of nitrogens with two attached hydrogens (primary N) is 1. The molecule has 1 aromatic rings. The van der Waals surface area contributed by atoms with Crippen LogP contribution in [0.15, 0.2) is 24.3 Å². The Morgan fingerprint density at radius 3 is 2.33 bits per heavy atom. The molecule has 1 heterocycles. The normalized spacial score (nSPS) is 18.1. The molecular weight excluding hydrogens is 268 g/mol. The fourth-order valence-corrected chi connectivity index (χ4v) is 2.33. The minimum Gasteiger partial charge on any atom is -0.444 e. The maximum atomic E-state index is 11.7. The molecule has 0 atom stereocenters. The second-order valence-electron chi connectivity index (χ2n) is 6.47. The van der Waals surface area contributed by atoms with Crippen molar-refractivity contribution in [3.63, 3.8) is 0 Å². The van der Waals surface area contributed by atoms with Crippen molar-refractivity contribution in [3.05, 3.63) is 29.8 Å². The van der Waals surface area contributed by atoms with Crippen LogP contribution >= 0.6 is 0 Å². The monoisotopic (exact) mass is 292 g/mol. The number of carbonyl (C=O) groups excluding carboxylic acids is 1. The molecule has 0 aromatic heterocycles. The van der Waals surface area contributed by atoms with E-state index < -0.39 is 11.7 Å². The minimum absolute atomic E-state index is 0.331. The smallest absolute Gasteiger partial charge is 0.412 e. The Morgan fingerprint density at radius 2 is 1.81 bits per heavy atom. The van der Waals surface area contributed by atoms with E-state index in [2.05, 4.69) is 5.32 Å². The number of carbonyl (C=O) groups is 1. The molecule has 0 radical (unpaired) electrons. The van der Waals surface area contributed by atoms with Crippen molar-refractivity contribution < 1.29 is 14.3 Å². The lowest BCUT2D eigenvalue weighted by atomic mass is 9.84. The minimum atomic E-state index is -0.507. The predicted molar refractivity (Wildman–Crippen MR) is 82.2 cm³/mol. The zero-order chi connectivity index (χ0) is 15.5. The van der Waals surface area contributed by atoms with Gasteiger partial charge in [0.1, 0.15) is 5.60 Å². The van der Waals surface area contributed by atoms with Gasteiger partial charge in [0.2, 0.25) is 0 Å². The summed E-state index contributed by atoms with van der Waals surface area (Å²) in [6, 6.07) is 7.61. The van der Waals surface area contributed by atoms with Gasteiger partial charge in [-0.05, 0) is 51.3 Å². The number of ether oxygens (including phenoxy) is 2. The fraction of sp³-hybridized carbons (Fsp3) is 0.562. The maximum absolute atomic E-state index is 11.7. The van der Waals surface area contributed by atoms with Gasteiger partial charge >= 0.3 is 6.09 Å². The molecule has 5 heteroatoms. The summed E-state index contributed by atoms with van der Waals surface area (Å²) in [5.41, 5.74) is 7.35. The fourth-order valence-electron chi connectivity index (χ4n) is 2.33. The number of hydrogen-bond donors (Lipinski definition) is 2. The van der Waals surface area contributed by atoms with Crippen molar-refractivity contribution in [1.82, 2.24) is 0 Å². The van der Waals surface area contributed by atoms with Gasteiger partial charge in [-0.3, -0.25) is 5.32 Å². The average Bonchev–Trinajstić information content (AvgIpc) is 2.38. The molecule has 1 aliphatic heterocycles. The highest BCUT2D eigenvalue weighted by Gasteiger charge is 2.29. The topological polar surface area (TPSA) is 73.6 Å².